The summed E-state index contributed by atoms with van der Waals surface area (Å²) in [7, 11) is 0. The van der Waals surface area contributed by atoms with E-state index in [-0.39, 0.29) is 17.8 Å². The lowest BCUT2D eigenvalue weighted by Crippen LogP contribution is -2.25. The summed E-state index contributed by atoms with van der Waals surface area (Å²) in [6.45, 7) is 4.86. The van der Waals surface area contributed by atoms with E-state index in [9.17, 15) is 13.6 Å². The van der Waals surface area contributed by atoms with Gasteiger partial charge >= 0.3 is 0 Å². The molecule has 26 heavy (non-hydrogen) atoms. The van der Waals surface area contributed by atoms with Crippen LogP contribution in [0, 0.1) is 11.6 Å². The molecule has 2 aromatic rings. The number of ether oxygens (including phenoxy) is 1. The summed E-state index contributed by atoms with van der Waals surface area (Å²) in [6.07, 6.45) is 1.26. The predicted octanol–water partition coefficient (Wildman–Crippen LogP) is 4.71. The fourth-order valence-corrected chi connectivity index (χ4v) is 3.40. The van der Waals surface area contributed by atoms with Gasteiger partial charge in [-0.1, -0.05) is 19.1 Å². The predicted molar refractivity (Wildman–Crippen MR) is 97.8 cm³/mol. The minimum atomic E-state index is -0.572. The fraction of sp³-hybridized carbons (Fsp3) is 0.381. The molecule has 1 saturated heterocycles. The molecule has 0 aliphatic carbocycles. The smallest absolute Gasteiger partial charge is 0.149 e. The molecule has 3 nitrogen and oxygen atoms in total. The van der Waals surface area contributed by atoms with Crippen LogP contribution in [0.3, 0.4) is 0 Å². The average Bonchev–Trinajstić information content (AvgIpc) is 3.03. The van der Waals surface area contributed by atoms with E-state index in [2.05, 4.69) is 0 Å². The second-order valence-corrected chi connectivity index (χ2v) is 6.95. The topological polar surface area (TPSA) is 29.5 Å². The fourth-order valence-electron chi connectivity index (χ4n) is 3.40. The lowest BCUT2D eigenvalue weighted by Gasteiger charge is -2.20. The van der Waals surface area contributed by atoms with E-state index in [1.807, 2.05) is 36.1 Å². The molecule has 0 bridgehead atoms. The van der Waals surface area contributed by atoms with Crippen LogP contribution >= 0.6 is 0 Å². The van der Waals surface area contributed by atoms with Gasteiger partial charge in [-0.15, -0.1) is 0 Å². The first kappa shape index (κ1) is 18.4. The molecule has 2 atom stereocenters. The quantitative estimate of drug-likeness (QED) is 0.748. The van der Waals surface area contributed by atoms with Gasteiger partial charge in [0, 0.05) is 25.5 Å². The van der Waals surface area contributed by atoms with Crippen LogP contribution in [-0.2, 0) is 4.79 Å². The Morgan fingerprint density at radius 2 is 1.96 bits per heavy atom. The van der Waals surface area contributed by atoms with Crippen LogP contribution in [0.4, 0.5) is 14.5 Å². The molecule has 0 N–H and O–H groups in total. The number of anilines is 1. The van der Waals surface area contributed by atoms with Crippen molar-refractivity contribution in [1.29, 1.82) is 0 Å². The largest absolute Gasteiger partial charge is 0.489 e. The summed E-state index contributed by atoms with van der Waals surface area (Å²) in [5.41, 5.74) is 1.51. The number of carbonyl (C=O) groups is 1. The summed E-state index contributed by atoms with van der Waals surface area (Å²) in [5, 5.41) is 0. The number of halogens is 2. The van der Waals surface area contributed by atoms with Gasteiger partial charge in [0.15, 0.2) is 0 Å². The van der Waals surface area contributed by atoms with Gasteiger partial charge in [-0.3, -0.25) is 0 Å². The minimum Gasteiger partial charge on any atom is -0.489 e. The van der Waals surface area contributed by atoms with Crippen molar-refractivity contribution >= 4 is 11.5 Å². The number of benzene rings is 2. The molecule has 1 aliphatic heterocycles. The molecule has 1 fully saturated rings. The van der Waals surface area contributed by atoms with Crippen LogP contribution in [0.15, 0.2) is 42.5 Å². The van der Waals surface area contributed by atoms with Crippen molar-refractivity contribution in [1.82, 2.24) is 0 Å². The zero-order valence-electron chi connectivity index (χ0n) is 15.0. The summed E-state index contributed by atoms with van der Waals surface area (Å²) in [4.78, 5) is 13.1. The average molecular weight is 359 g/mol. The molecule has 0 saturated carbocycles. The highest BCUT2D eigenvalue weighted by Gasteiger charge is 2.26. The number of rotatable bonds is 6. The molecule has 0 aromatic heterocycles. The number of hydrogen-bond donors (Lipinski definition) is 0. The third-order valence-corrected chi connectivity index (χ3v) is 4.74. The van der Waals surface area contributed by atoms with Gasteiger partial charge in [-0.2, -0.15) is 0 Å². The first-order valence-corrected chi connectivity index (χ1v) is 8.88. The first-order chi connectivity index (χ1) is 12.4. The Hall–Kier alpha value is -2.43. The Morgan fingerprint density at radius 1 is 1.23 bits per heavy atom. The van der Waals surface area contributed by atoms with E-state index >= 15 is 0 Å². The van der Waals surface area contributed by atoms with Gasteiger partial charge in [-0.05, 0) is 42.7 Å². The van der Waals surface area contributed by atoms with Crippen LogP contribution in [0.5, 0.6) is 5.75 Å². The van der Waals surface area contributed by atoms with E-state index in [0.717, 1.165) is 23.8 Å². The van der Waals surface area contributed by atoms with Gasteiger partial charge in [0.05, 0.1) is 12.2 Å². The summed E-state index contributed by atoms with van der Waals surface area (Å²) >= 11 is 0. The molecule has 0 radical (unpaired) electrons. The van der Waals surface area contributed by atoms with Crippen LogP contribution in [0.2, 0.25) is 0 Å². The number of nitrogens with zero attached hydrogens (tertiary/aromatic N) is 1. The van der Waals surface area contributed by atoms with Crippen LogP contribution in [0.25, 0.3) is 0 Å². The number of hydrogen-bond acceptors (Lipinski definition) is 3. The SMILES string of the molecule is CC(=O)C[C@@H](C)c1ccc(OC2CCN(c3ccc(F)cc3F)C2)cc1. The van der Waals surface area contributed by atoms with Crippen molar-refractivity contribution < 1.29 is 18.3 Å². The zero-order chi connectivity index (χ0) is 18.7. The van der Waals surface area contributed by atoms with Crippen molar-refractivity contribution in [3.05, 3.63) is 59.7 Å². The Bertz CT molecular complexity index is 776. The van der Waals surface area contributed by atoms with Crippen molar-refractivity contribution in [3.63, 3.8) is 0 Å². The maximum atomic E-state index is 13.9. The van der Waals surface area contributed by atoms with Crippen molar-refractivity contribution in [2.75, 3.05) is 18.0 Å². The van der Waals surface area contributed by atoms with Gasteiger partial charge in [-0.25, -0.2) is 8.78 Å². The molecule has 1 aliphatic rings. The summed E-state index contributed by atoms with van der Waals surface area (Å²) in [6, 6.07) is 11.4. The highest BCUT2D eigenvalue weighted by Crippen LogP contribution is 2.27. The highest BCUT2D eigenvalue weighted by atomic mass is 19.1. The standard InChI is InChI=1S/C21H23F2NO2/c1-14(11-15(2)25)16-3-6-18(7-4-16)26-19-9-10-24(13-19)21-8-5-17(22)12-20(21)23/h3-8,12,14,19H,9-11,13H2,1-2H3/t14-,19?/m1/s1. The van der Waals surface area contributed by atoms with E-state index in [0.29, 0.717) is 25.2 Å². The van der Waals surface area contributed by atoms with Gasteiger partial charge in [0.2, 0.25) is 0 Å². The Labute approximate surface area is 152 Å². The molecule has 1 unspecified atom stereocenters. The summed E-state index contributed by atoms with van der Waals surface area (Å²) < 4.78 is 33.0. The summed E-state index contributed by atoms with van der Waals surface area (Å²) in [5.74, 6) is 0.00359. The number of Topliss-reactive ketones (excluding diaryl/α,β-unsaturated/α-hetero) is 1. The molecular weight excluding hydrogens is 336 g/mol. The van der Waals surface area contributed by atoms with Gasteiger partial charge < -0.3 is 14.4 Å². The molecule has 5 heteroatoms. The first-order valence-electron chi connectivity index (χ1n) is 8.88. The third kappa shape index (κ3) is 4.40. The number of carbonyl (C=O) groups excluding carboxylic acids is 1. The second kappa shape index (κ2) is 7.85. The normalized spacial score (nSPS) is 18.0. The Balaban J connectivity index is 1.59. The van der Waals surface area contributed by atoms with Crippen LogP contribution in [0.1, 0.15) is 38.2 Å². The minimum absolute atomic E-state index is 0.0417. The molecule has 0 spiro atoms. The molecule has 138 valence electrons. The molecule has 3 rings (SSSR count). The Kier molecular flexibility index (Phi) is 5.55. The lowest BCUT2D eigenvalue weighted by molar-refractivity contribution is -0.117. The van der Waals surface area contributed by atoms with Crippen LogP contribution < -0.4 is 9.64 Å². The van der Waals surface area contributed by atoms with E-state index in [1.165, 1.54) is 12.1 Å². The van der Waals surface area contributed by atoms with Gasteiger partial charge in [0.1, 0.15) is 29.3 Å². The van der Waals surface area contributed by atoms with E-state index in [4.69, 9.17) is 4.74 Å². The maximum absolute atomic E-state index is 13.9. The van der Waals surface area contributed by atoms with Crippen molar-refractivity contribution in [2.24, 2.45) is 0 Å². The molecular formula is C21H23F2NO2. The molecule has 2 aromatic carbocycles. The Morgan fingerprint density at radius 3 is 2.62 bits per heavy atom. The van der Waals surface area contributed by atoms with Crippen LogP contribution in [-0.4, -0.2) is 25.0 Å². The van der Waals surface area contributed by atoms with E-state index < -0.39 is 11.6 Å². The monoisotopic (exact) mass is 359 g/mol. The number of ketones is 1. The lowest BCUT2D eigenvalue weighted by atomic mass is 9.96. The maximum Gasteiger partial charge on any atom is 0.149 e. The third-order valence-electron chi connectivity index (χ3n) is 4.74. The second-order valence-electron chi connectivity index (χ2n) is 6.95. The zero-order valence-corrected chi connectivity index (χ0v) is 15.0. The van der Waals surface area contributed by atoms with E-state index in [1.54, 1.807) is 6.92 Å². The molecule has 1 heterocycles. The highest BCUT2D eigenvalue weighted by molar-refractivity contribution is 5.76. The molecule has 0 amide bonds. The van der Waals surface area contributed by atoms with Crippen molar-refractivity contribution in [2.45, 2.75) is 38.7 Å². The van der Waals surface area contributed by atoms with Gasteiger partial charge in [0.25, 0.3) is 0 Å². The van der Waals surface area contributed by atoms with Crippen molar-refractivity contribution in [3.8, 4) is 5.75 Å².